The standard InChI is InChI=1S/C9H15N3/c1-7-8(2)12-9(6-11-7)4-3-5-10/h6H,3-5,10H2,1-2H3. The van der Waals surface area contributed by atoms with Gasteiger partial charge >= 0.3 is 0 Å². The van der Waals surface area contributed by atoms with Crippen LogP contribution in [0.1, 0.15) is 23.5 Å². The van der Waals surface area contributed by atoms with Crippen molar-refractivity contribution < 1.29 is 0 Å². The average molecular weight is 165 g/mol. The van der Waals surface area contributed by atoms with Crippen LogP contribution < -0.4 is 5.73 Å². The highest BCUT2D eigenvalue weighted by Crippen LogP contribution is 2.02. The molecule has 3 nitrogen and oxygen atoms in total. The fraction of sp³-hybridized carbons (Fsp3) is 0.556. The molecular formula is C9H15N3. The molecule has 12 heavy (non-hydrogen) atoms. The van der Waals surface area contributed by atoms with E-state index in [1.54, 1.807) is 0 Å². The predicted molar refractivity (Wildman–Crippen MR) is 48.9 cm³/mol. The normalized spacial score (nSPS) is 10.2. The van der Waals surface area contributed by atoms with Gasteiger partial charge in [-0.25, -0.2) is 0 Å². The lowest BCUT2D eigenvalue weighted by Crippen LogP contribution is -2.03. The number of aromatic nitrogens is 2. The van der Waals surface area contributed by atoms with E-state index in [0.717, 1.165) is 29.9 Å². The van der Waals surface area contributed by atoms with Crippen molar-refractivity contribution in [1.29, 1.82) is 0 Å². The fourth-order valence-corrected chi connectivity index (χ4v) is 0.994. The maximum atomic E-state index is 5.40. The van der Waals surface area contributed by atoms with Crippen LogP contribution in [0.3, 0.4) is 0 Å². The SMILES string of the molecule is Cc1ncc(CCCN)nc1C. The Hall–Kier alpha value is -0.960. The van der Waals surface area contributed by atoms with Crippen LogP contribution in [0.4, 0.5) is 0 Å². The van der Waals surface area contributed by atoms with Crippen LogP contribution in [0, 0.1) is 13.8 Å². The molecule has 1 rings (SSSR count). The number of hydrogen-bond donors (Lipinski definition) is 1. The second-order valence-electron chi connectivity index (χ2n) is 2.92. The van der Waals surface area contributed by atoms with Crippen LogP contribution in [0.5, 0.6) is 0 Å². The smallest absolute Gasteiger partial charge is 0.0590 e. The van der Waals surface area contributed by atoms with Crippen LogP contribution in [0.15, 0.2) is 6.20 Å². The summed E-state index contributed by atoms with van der Waals surface area (Å²) in [7, 11) is 0. The van der Waals surface area contributed by atoms with Gasteiger partial charge in [0.2, 0.25) is 0 Å². The van der Waals surface area contributed by atoms with E-state index in [1.165, 1.54) is 0 Å². The zero-order valence-corrected chi connectivity index (χ0v) is 7.67. The van der Waals surface area contributed by atoms with Crippen molar-refractivity contribution in [2.45, 2.75) is 26.7 Å². The van der Waals surface area contributed by atoms with E-state index in [9.17, 15) is 0 Å². The van der Waals surface area contributed by atoms with E-state index < -0.39 is 0 Å². The number of aryl methyl sites for hydroxylation is 3. The van der Waals surface area contributed by atoms with Gasteiger partial charge in [0.15, 0.2) is 0 Å². The quantitative estimate of drug-likeness (QED) is 0.726. The van der Waals surface area contributed by atoms with E-state index in [4.69, 9.17) is 5.73 Å². The molecule has 66 valence electrons. The van der Waals surface area contributed by atoms with Gasteiger partial charge in [-0.2, -0.15) is 0 Å². The molecule has 0 unspecified atom stereocenters. The zero-order valence-electron chi connectivity index (χ0n) is 7.67. The van der Waals surface area contributed by atoms with Crippen molar-refractivity contribution in [3.8, 4) is 0 Å². The van der Waals surface area contributed by atoms with E-state index in [-0.39, 0.29) is 0 Å². The molecule has 2 N–H and O–H groups in total. The molecule has 0 aliphatic heterocycles. The van der Waals surface area contributed by atoms with Crippen LogP contribution in [-0.2, 0) is 6.42 Å². The molecule has 3 heteroatoms. The third-order valence-electron chi connectivity index (χ3n) is 1.88. The van der Waals surface area contributed by atoms with Crippen molar-refractivity contribution in [1.82, 2.24) is 9.97 Å². The van der Waals surface area contributed by atoms with Gasteiger partial charge < -0.3 is 5.73 Å². The van der Waals surface area contributed by atoms with Gasteiger partial charge in [0.05, 0.1) is 17.1 Å². The van der Waals surface area contributed by atoms with Crippen molar-refractivity contribution >= 4 is 0 Å². The first-order chi connectivity index (χ1) is 5.74. The Labute approximate surface area is 73.0 Å². The lowest BCUT2D eigenvalue weighted by atomic mass is 10.2. The maximum Gasteiger partial charge on any atom is 0.0590 e. The summed E-state index contributed by atoms with van der Waals surface area (Å²) >= 11 is 0. The minimum absolute atomic E-state index is 0.717. The third-order valence-corrected chi connectivity index (χ3v) is 1.88. The van der Waals surface area contributed by atoms with E-state index >= 15 is 0 Å². The summed E-state index contributed by atoms with van der Waals surface area (Å²) in [6.45, 7) is 4.66. The van der Waals surface area contributed by atoms with Crippen LogP contribution >= 0.6 is 0 Å². The first-order valence-corrected chi connectivity index (χ1v) is 4.23. The van der Waals surface area contributed by atoms with Crippen LogP contribution in [0.2, 0.25) is 0 Å². The third kappa shape index (κ3) is 2.27. The number of rotatable bonds is 3. The van der Waals surface area contributed by atoms with E-state index in [1.807, 2.05) is 20.0 Å². The Kier molecular flexibility index (Phi) is 3.17. The molecule has 0 aromatic carbocycles. The van der Waals surface area contributed by atoms with Crippen molar-refractivity contribution in [2.75, 3.05) is 6.54 Å². The molecule has 1 heterocycles. The highest BCUT2D eigenvalue weighted by Gasteiger charge is 1.98. The van der Waals surface area contributed by atoms with Crippen LogP contribution in [0.25, 0.3) is 0 Å². The van der Waals surface area contributed by atoms with Gasteiger partial charge in [-0.3, -0.25) is 9.97 Å². The number of hydrogen-bond acceptors (Lipinski definition) is 3. The lowest BCUT2D eigenvalue weighted by Gasteiger charge is -2.01. The van der Waals surface area contributed by atoms with Crippen molar-refractivity contribution in [3.63, 3.8) is 0 Å². The molecule has 0 bridgehead atoms. The van der Waals surface area contributed by atoms with Gasteiger partial charge in [0.1, 0.15) is 0 Å². The molecule has 0 radical (unpaired) electrons. The molecule has 0 aliphatic rings. The van der Waals surface area contributed by atoms with Gasteiger partial charge in [-0.1, -0.05) is 0 Å². The molecule has 0 saturated carbocycles. The summed E-state index contributed by atoms with van der Waals surface area (Å²) in [6, 6.07) is 0. The van der Waals surface area contributed by atoms with Gasteiger partial charge in [-0.15, -0.1) is 0 Å². The predicted octanol–water partition coefficient (Wildman–Crippen LogP) is 0.985. The lowest BCUT2D eigenvalue weighted by molar-refractivity contribution is 0.795. The molecule has 0 aliphatic carbocycles. The maximum absolute atomic E-state index is 5.40. The second kappa shape index (κ2) is 4.16. The summed E-state index contributed by atoms with van der Waals surface area (Å²) in [6.07, 6.45) is 3.75. The summed E-state index contributed by atoms with van der Waals surface area (Å²) in [5.74, 6) is 0. The molecule has 0 saturated heterocycles. The monoisotopic (exact) mass is 165 g/mol. The Morgan fingerprint density at radius 3 is 2.67 bits per heavy atom. The Morgan fingerprint density at radius 2 is 2.08 bits per heavy atom. The molecule has 1 aromatic heterocycles. The molecular weight excluding hydrogens is 150 g/mol. The van der Waals surface area contributed by atoms with Gasteiger partial charge in [0.25, 0.3) is 0 Å². The summed E-state index contributed by atoms with van der Waals surface area (Å²) in [5.41, 5.74) is 8.47. The molecule has 1 aromatic rings. The molecule has 0 amide bonds. The van der Waals surface area contributed by atoms with Crippen molar-refractivity contribution in [2.24, 2.45) is 5.73 Å². The molecule has 0 fully saturated rings. The highest BCUT2D eigenvalue weighted by atomic mass is 14.8. The highest BCUT2D eigenvalue weighted by molar-refractivity contribution is 5.10. The van der Waals surface area contributed by atoms with E-state index in [2.05, 4.69) is 9.97 Å². The first kappa shape index (κ1) is 9.13. The Balaban J connectivity index is 2.69. The average Bonchev–Trinajstić information content (AvgIpc) is 2.07. The minimum Gasteiger partial charge on any atom is -0.330 e. The summed E-state index contributed by atoms with van der Waals surface area (Å²) < 4.78 is 0. The topological polar surface area (TPSA) is 51.8 Å². The molecule has 0 spiro atoms. The molecule has 0 atom stereocenters. The largest absolute Gasteiger partial charge is 0.330 e. The van der Waals surface area contributed by atoms with Gasteiger partial charge in [0, 0.05) is 6.20 Å². The minimum atomic E-state index is 0.717. The van der Waals surface area contributed by atoms with Crippen LogP contribution in [-0.4, -0.2) is 16.5 Å². The Bertz CT molecular complexity index is 258. The van der Waals surface area contributed by atoms with Gasteiger partial charge in [-0.05, 0) is 33.2 Å². The zero-order chi connectivity index (χ0) is 8.97. The number of nitrogens with two attached hydrogens (primary N) is 1. The second-order valence-corrected chi connectivity index (χ2v) is 2.92. The van der Waals surface area contributed by atoms with Crippen molar-refractivity contribution in [3.05, 3.63) is 23.3 Å². The first-order valence-electron chi connectivity index (χ1n) is 4.23. The fourth-order valence-electron chi connectivity index (χ4n) is 0.994. The summed E-state index contributed by atoms with van der Waals surface area (Å²) in [5, 5.41) is 0. The number of nitrogens with zero attached hydrogens (tertiary/aromatic N) is 2. The van der Waals surface area contributed by atoms with E-state index in [0.29, 0.717) is 6.54 Å². The Morgan fingerprint density at radius 1 is 1.33 bits per heavy atom. The summed E-state index contributed by atoms with van der Waals surface area (Å²) in [4.78, 5) is 8.62.